The molecular formula is C20H26O2S. The number of aryl methyl sites for hydroxylation is 6. The van der Waals surface area contributed by atoms with Crippen LogP contribution in [0.3, 0.4) is 0 Å². The molecular weight excluding hydrogens is 304 g/mol. The summed E-state index contributed by atoms with van der Waals surface area (Å²) in [6, 6.07) is 8.22. The summed E-state index contributed by atoms with van der Waals surface area (Å²) in [5, 5.41) is 0. The smallest absolute Gasteiger partial charge is 0.158 e. The average molecular weight is 330 g/mol. The van der Waals surface area contributed by atoms with Gasteiger partial charge in [-0.3, -0.25) is 0 Å². The minimum atomic E-state index is -3.20. The topological polar surface area (TPSA) is 34.1 Å². The molecule has 0 N–H and O–H groups in total. The van der Waals surface area contributed by atoms with E-state index >= 15 is 0 Å². The van der Waals surface area contributed by atoms with Gasteiger partial charge in [0.1, 0.15) is 0 Å². The van der Waals surface area contributed by atoms with Crippen LogP contribution in [-0.2, 0) is 21.3 Å². The Labute approximate surface area is 140 Å². The van der Waals surface area contributed by atoms with Crippen LogP contribution in [0.2, 0.25) is 0 Å². The van der Waals surface area contributed by atoms with Crippen LogP contribution < -0.4 is 0 Å². The normalized spacial score (nSPS) is 11.7. The Balaban J connectivity index is 2.35. The second kappa shape index (κ2) is 6.48. The highest BCUT2D eigenvalue weighted by atomic mass is 32.2. The molecule has 2 aromatic rings. The molecule has 3 heteroatoms. The summed E-state index contributed by atoms with van der Waals surface area (Å²) in [5.41, 5.74) is 8.47. The van der Waals surface area contributed by atoms with E-state index in [1.165, 1.54) is 11.1 Å². The van der Waals surface area contributed by atoms with Crippen molar-refractivity contribution in [2.75, 3.05) is 0 Å². The van der Waals surface area contributed by atoms with Gasteiger partial charge in [-0.05, 0) is 74.9 Å². The molecule has 0 aliphatic carbocycles. The van der Waals surface area contributed by atoms with Gasteiger partial charge >= 0.3 is 0 Å². The number of rotatable bonds is 4. The molecule has 0 amide bonds. The van der Waals surface area contributed by atoms with E-state index in [4.69, 9.17) is 0 Å². The zero-order chi connectivity index (χ0) is 17.4. The highest BCUT2D eigenvalue weighted by molar-refractivity contribution is 7.89. The SMILES string of the molecule is Cc1cc(C)c(CS(=O)(=O)Cc2c(C)cc(C)cc2C)c(C)c1. The van der Waals surface area contributed by atoms with Gasteiger partial charge in [0, 0.05) is 0 Å². The highest BCUT2D eigenvalue weighted by Crippen LogP contribution is 2.24. The molecule has 0 saturated carbocycles. The first-order valence-corrected chi connectivity index (χ1v) is 9.75. The van der Waals surface area contributed by atoms with Gasteiger partial charge in [0.2, 0.25) is 0 Å². The van der Waals surface area contributed by atoms with E-state index in [0.29, 0.717) is 0 Å². The van der Waals surface area contributed by atoms with E-state index in [-0.39, 0.29) is 11.5 Å². The molecule has 0 aliphatic heterocycles. The van der Waals surface area contributed by atoms with Crippen LogP contribution in [0, 0.1) is 41.5 Å². The van der Waals surface area contributed by atoms with Crippen LogP contribution in [0.1, 0.15) is 44.5 Å². The predicted molar refractivity (Wildman–Crippen MR) is 97.6 cm³/mol. The Morgan fingerprint density at radius 2 is 0.870 bits per heavy atom. The van der Waals surface area contributed by atoms with Gasteiger partial charge in [-0.1, -0.05) is 35.4 Å². The molecule has 0 atom stereocenters. The van der Waals surface area contributed by atoms with Gasteiger partial charge in [-0.2, -0.15) is 0 Å². The lowest BCUT2D eigenvalue weighted by atomic mass is 10.0. The Hall–Kier alpha value is -1.61. The lowest BCUT2D eigenvalue weighted by molar-refractivity contribution is 0.594. The van der Waals surface area contributed by atoms with Gasteiger partial charge in [0.15, 0.2) is 9.84 Å². The molecule has 0 saturated heterocycles. The van der Waals surface area contributed by atoms with Crippen molar-refractivity contribution in [3.63, 3.8) is 0 Å². The van der Waals surface area contributed by atoms with Crippen LogP contribution in [0.4, 0.5) is 0 Å². The Morgan fingerprint density at radius 1 is 0.609 bits per heavy atom. The summed E-state index contributed by atoms with van der Waals surface area (Å²) < 4.78 is 25.5. The van der Waals surface area contributed by atoms with Crippen LogP contribution >= 0.6 is 0 Å². The number of benzene rings is 2. The van der Waals surface area contributed by atoms with Crippen molar-refractivity contribution in [3.05, 3.63) is 68.8 Å². The van der Waals surface area contributed by atoms with Crippen molar-refractivity contribution in [1.29, 1.82) is 0 Å². The summed E-state index contributed by atoms with van der Waals surface area (Å²) in [7, 11) is -3.20. The number of sulfone groups is 1. The fourth-order valence-electron chi connectivity index (χ4n) is 3.37. The van der Waals surface area contributed by atoms with Crippen LogP contribution in [0.15, 0.2) is 24.3 Å². The van der Waals surface area contributed by atoms with Crippen LogP contribution in [0.5, 0.6) is 0 Å². The summed E-state index contributed by atoms with van der Waals surface area (Å²) in [6.45, 7) is 12.1. The third-order valence-corrected chi connectivity index (χ3v) is 5.87. The Morgan fingerprint density at radius 3 is 1.13 bits per heavy atom. The molecule has 2 nitrogen and oxygen atoms in total. The zero-order valence-electron chi connectivity index (χ0n) is 14.9. The maximum atomic E-state index is 12.7. The standard InChI is InChI=1S/C20H26O2S/c1-13-7-15(3)19(16(4)8-13)11-23(21,22)12-20-17(5)9-14(2)10-18(20)6/h7-10H,11-12H2,1-6H3. The van der Waals surface area contributed by atoms with E-state index in [1.807, 2.05) is 41.5 Å². The first kappa shape index (κ1) is 17.7. The summed E-state index contributed by atoms with van der Waals surface area (Å²) in [5.74, 6) is 0.218. The molecule has 2 rings (SSSR count). The monoisotopic (exact) mass is 330 g/mol. The van der Waals surface area contributed by atoms with Crippen molar-refractivity contribution in [1.82, 2.24) is 0 Å². The Kier molecular flexibility index (Phi) is 5.00. The molecule has 0 aliphatic rings. The van der Waals surface area contributed by atoms with Crippen molar-refractivity contribution < 1.29 is 8.42 Å². The maximum absolute atomic E-state index is 12.7. The molecule has 2 aromatic carbocycles. The van der Waals surface area contributed by atoms with E-state index in [9.17, 15) is 8.42 Å². The highest BCUT2D eigenvalue weighted by Gasteiger charge is 2.18. The van der Waals surface area contributed by atoms with Crippen molar-refractivity contribution in [2.45, 2.75) is 53.0 Å². The van der Waals surface area contributed by atoms with E-state index in [1.54, 1.807) is 0 Å². The summed E-state index contributed by atoms with van der Waals surface area (Å²) >= 11 is 0. The van der Waals surface area contributed by atoms with Crippen LogP contribution in [0.25, 0.3) is 0 Å². The minimum absolute atomic E-state index is 0.109. The largest absolute Gasteiger partial charge is 0.228 e. The third kappa shape index (κ3) is 4.23. The van der Waals surface area contributed by atoms with Crippen molar-refractivity contribution >= 4 is 9.84 Å². The fraction of sp³-hybridized carbons (Fsp3) is 0.400. The van der Waals surface area contributed by atoms with Gasteiger partial charge in [-0.25, -0.2) is 8.42 Å². The molecule has 23 heavy (non-hydrogen) atoms. The molecule has 124 valence electrons. The number of hydrogen-bond donors (Lipinski definition) is 0. The third-order valence-electron chi connectivity index (χ3n) is 4.41. The van der Waals surface area contributed by atoms with Crippen LogP contribution in [-0.4, -0.2) is 8.42 Å². The number of hydrogen-bond acceptors (Lipinski definition) is 2. The van der Waals surface area contributed by atoms with E-state index in [0.717, 1.165) is 33.4 Å². The lowest BCUT2D eigenvalue weighted by Crippen LogP contribution is -2.12. The maximum Gasteiger partial charge on any atom is 0.158 e. The molecule has 0 fully saturated rings. The molecule has 0 heterocycles. The van der Waals surface area contributed by atoms with Gasteiger partial charge in [0.05, 0.1) is 11.5 Å². The molecule has 0 radical (unpaired) electrons. The predicted octanol–water partition coefficient (Wildman–Crippen LogP) is 4.65. The zero-order valence-corrected chi connectivity index (χ0v) is 15.8. The van der Waals surface area contributed by atoms with Gasteiger partial charge in [-0.15, -0.1) is 0 Å². The van der Waals surface area contributed by atoms with E-state index < -0.39 is 9.84 Å². The second-order valence-electron chi connectivity index (χ2n) is 6.79. The summed E-state index contributed by atoms with van der Waals surface area (Å²) in [6.07, 6.45) is 0. The lowest BCUT2D eigenvalue weighted by Gasteiger charge is -2.15. The quantitative estimate of drug-likeness (QED) is 0.817. The average Bonchev–Trinajstić information content (AvgIpc) is 2.38. The first-order valence-electron chi connectivity index (χ1n) is 7.93. The molecule has 0 unspecified atom stereocenters. The van der Waals surface area contributed by atoms with Crippen molar-refractivity contribution in [3.8, 4) is 0 Å². The molecule has 0 aromatic heterocycles. The van der Waals surface area contributed by atoms with Crippen molar-refractivity contribution in [2.24, 2.45) is 0 Å². The Bertz CT molecular complexity index is 734. The van der Waals surface area contributed by atoms with Gasteiger partial charge in [0.25, 0.3) is 0 Å². The fourth-order valence-corrected chi connectivity index (χ4v) is 5.26. The van der Waals surface area contributed by atoms with E-state index in [2.05, 4.69) is 24.3 Å². The first-order chi connectivity index (χ1) is 10.6. The molecule has 0 bridgehead atoms. The molecule has 0 spiro atoms. The second-order valence-corrected chi connectivity index (χ2v) is 8.85. The minimum Gasteiger partial charge on any atom is -0.228 e. The van der Waals surface area contributed by atoms with Gasteiger partial charge < -0.3 is 0 Å². The summed E-state index contributed by atoms with van der Waals surface area (Å²) in [4.78, 5) is 0.